The van der Waals surface area contributed by atoms with Gasteiger partial charge in [0.25, 0.3) is 5.91 Å². The summed E-state index contributed by atoms with van der Waals surface area (Å²) in [5.74, 6) is -1.27. The fourth-order valence-corrected chi connectivity index (χ4v) is 10.2. The molecule has 0 aromatic heterocycles. The molecule has 0 aromatic rings. The number of nitrogens with zero attached hydrogens (tertiary/aromatic N) is 1. The number of Topliss-reactive ketones (excluding diaryl/α,β-unsaturated/α-hetero) is 1. The number of likely N-dealkylation sites (tertiary alicyclic amines) is 1. The van der Waals surface area contributed by atoms with Crippen molar-refractivity contribution in [1.29, 1.82) is 0 Å². The van der Waals surface area contributed by atoms with Crippen LogP contribution in [0.4, 0.5) is 4.79 Å². The van der Waals surface area contributed by atoms with Crippen molar-refractivity contribution in [3.05, 3.63) is 0 Å². The smallest absolute Gasteiger partial charge is 0.315 e. The highest BCUT2D eigenvalue weighted by Gasteiger charge is 2.63. The van der Waals surface area contributed by atoms with Crippen molar-refractivity contribution in [2.45, 2.75) is 147 Å². The SMILES string of the molecule is CC(C)(C)[C@@H](CN1C[C@H]2[C@H](CCC23CC3)[C@H]1C(=O)NC(CC1CC1)C(=O)C(N)=O)NC(=O)NC1(CS(=O)(=O)C(C)(C)C)CCCCC1. The molecule has 4 amide bonds. The Morgan fingerprint density at radius 3 is 2.06 bits per heavy atom. The number of amides is 4. The molecule has 266 valence electrons. The fourth-order valence-electron chi connectivity index (χ4n) is 8.64. The van der Waals surface area contributed by atoms with Crippen molar-refractivity contribution in [3.8, 4) is 0 Å². The normalized spacial score (nSPS) is 28.3. The van der Waals surface area contributed by atoms with E-state index in [-0.39, 0.29) is 40.5 Å². The van der Waals surface area contributed by atoms with Crippen molar-refractivity contribution < 1.29 is 27.6 Å². The molecule has 5 rings (SSSR count). The number of ketones is 1. The van der Waals surface area contributed by atoms with Crippen LogP contribution in [0.15, 0.2) is 0 Å². The highest BCUT2D eigenvalue weighted by molar-refractivity contribution is 7.92. The van der Waals surface area contributed by atoms with Gasteiger partial charge in [-0.15, -0.1) is 0 Å². The van der Waals surface area contributed by atoms with E-state index in [1.807, 2.05) is 0 Å². The molecule has 5 aliphatic rings. The second-order valence-electron chi connectivity index (χ2n) is 17.8. The van der Waals surface area contributed by atoms with Crippen molar-refractivity contribution in [3.63, 3.8) is 0 Å². The Kier molecular flexibility index (Phi) is 9.91. The number of primary amides is 1. The van der Waals surface area contributed by atoms with Gasteiger partial charge in [0.15, 0.2) is 9.84 Å². The average molecular weight is 678 g/mol. The Morgan fingerprint density at radius 2 is 1.53 bits per heavy atom. The number of urea groups is 1. The van der Waals surface area contributed by atoms with Gasteiger partial charge < -0.3 is 21.7 Å². The number of fused-ring (bicyclic) bond motifs is 2. The maximum Gasteiger partial charge on any atom is 0.315 e. The minimum atomic E-state index is -3.48. The summed E-state index contributed by atoms with van der Waals surface area (Å²) in [5.41, 5.74) is 4.46. The lowest BCUT2D eigenvalue weighted by molar-refractivity contribution is -0.139. The van der Waals surface area contributed by atoms with E-state index in [1.165, 1.54) is 12.8 Å². The highest BCUT2D eigenvalue weighted by atomic mass is 32.2. The summed E-state index contributed by atoms with van der Waals surface area (Å²) in [6.45, 7) is 12.5. The first-order chi connectivity index (χ1) is 21.8. The predicted molar refractivity (Wildman–Crippen MR) is 181 cm³/mol. The quantitative estimate of drug-likeness (QED) is 0.230. The number of hydrogen-bond donors (Lipinski definition) is 4. The van der Waals surface area contributed by atoms with E-state index in [9.17, 15) is 27.6 Å². The van der Waals surface area contributed by atoms with Crippen LogP contribution in [0.1, 0.15) is 119 Å². The third kappa shape index (κ3) is 8.00. The number of hydrogen-bond acceptors (Lipinski definition) is 7. The van der Waals surface area contributed by atoms with E-state index in [2.05, 4.69) is 41.6 Å². The van der Waals surface area contributed by atoms with E-state index in [0.29, 0.717) is 37.6 Å². The summed E-state index contributed by atoms with van der Waals surface area (Å²) >= 11 is 0. The lowest BCUT2D eigenvalue weighted by atomic mass is 9.83. The molecule has 5 fully saturated rings. The van der Waals surface area contributed by atoms with Crippen molar-refractivity contribution >= 4 is 33.5 Å². The molecule has 5 atom stereocenters. The lowest BCUT2D eigenvalue weighted by Gasteiger charge is -2.41. The Hall–Kier alpha value is -2.21. The van der Waals surface area contributed by atoms with Gasteiger partial charge in [0.1, 0.15) is 0 Å². The highest BCUT2D eigenvalue weighted by Crippen LogP contribution is 2.66. The summed E-state index contributed by atoms with van der Waals surface area (Å²) in [7, 11) is -3.48. The summed E-state index contributed by atoms with van der Waals surface area (Å²) in [4.78, 5) is 54.7. The summed E-state index contributed by atoms with van der Waals surface area (Å²) in [6.07, 6.45) is 10.7. The first-order valence-corrected chi connectivity index (χ1v) is 19.6. The molecule has 12 heteroatoms. The van der Waals surface area contributed by atoms with Crippen LogP contribution in [0, 0.1) is 28.6 Å². The van der Waals surface area contributed by atoms with Crippen LogP contribution in [0.5, 0.6) is 0 Å². The van der Waals surface area contributed by atoms with E-state index in [0.717, 1.165) is 51.5 Å². The number of carbonyl (C=O) groups is 4. The summed E-state index contributed by atoms with van der Waals surface area (Å²) in [5, 5.41) is 9.33. The largest absolute Gasteiger partial charge is 0.363 e. The van der Waals surface area contributed by atoms with Gasteiger partial charge in [-0.1, -0.05) is 52.9 Å². The molecule has 4 aliphatic carbocycles. The molecule has 11 nitrogen and oxygen atoms in total. The number of carbonyl (C=O) groups excluding carboxylic acids is 4. The molecular weight excluding hydrogens is 618 g/mol. The summed E-state index contributed by atoms with van der Waals surface area (Å²) < 4.78 is 25.7. The second kappa shape index (κ2) is 12.9. The van der Waals surface area contributed by atoms with Crippen LogP contribution in [0.25, 0.3) is 0 Å². The average Bonchev–Trinajstić information content (AvgIpc) is 3.86. The van der Waals surface area contributed by atoms with Crippen LogP contribution in [-0.4, -0.2) is 84.2 Å². The van der Waals surface area contributed by atoms with E-state index in [4.69, 9.17) is 5.73 Å². The van der Waals surface area contributed by atoms with Gasteiger partial charge in [-0.2, -0.15) is 0 Å². The molecule has 1 aliphatic heterocycles. The number of nitrogens with one attached hydrogen (secondary N) is 3. The molecule has 5 N–H and O–H groups in total. The maximum atomic E-state index is 14.1. The molecule has 4 saturated carbocycles. The lowest BCUT2D eigenvalue weighted by Crippen LogP contribution is -2.62. The first-order valence-electron chi connectivity index (χ1n) is 17.9. The summed E-state index contributed by atoms with van der Waals surface area (Å²) in [6, 6.07) is -2.12. The van der Waals surface area contributed by atoms with Crippen LogP contribution >= 0.6 is 0 Å². The van der Waals surface area contributed by atoms with Crippen LogP contribution in [0.3, 0.4) is 0 Å². The van der Waals surface area contributed by atoms with Gasteiger partial charge >= 0.3 is 6.03 Å². The first kappa shape index (κ1) is 36.1. The van der Waals surface area contributed by atoms with E-state index < -0.39 is 43.9 Å². The number of nitrogens with two attached hydrogens (primary N) is 1. The van der Waals surface area contributed by atoms with Crippen LogP contribution < -0.4 is 21.7 Å². The van der Waals surface area contributed by atoms with Crippen LogP contribution in [0.2, 0.25) is 0 Å². The zero-order chi connectivity index (χ0) is 34.6. The topological polar surface area (TPSA) is 168 Å². The monoisotopic (exact) mass is 677 g/mol. The second-order valence-corrected chi connectivity index (χ2v) is 20.5. The minimum Gasteiger partial charge on any atom is -0.363 e. The van der Waals surface area contributed by atoms with Crippen molar-refractivity contribution in [2.24, 2.45) is 34.3 Å². The standard InChI is InChI=1S/C35H59N5O6S/c1-32(2,3)26(38-31(44)39-35(13-8-7-9-14-35)21-47(45,46)33(4,5)6)20-40-19-24-23(12-15-34(24)16-17-34)27(40)30(43)37-25(18-22-10-11-22)28(41)29(36)42/h22-27H,7-21H2,1-6H3,(H2,36,42)(H,37,43)(H2,38,39,44)/t23-,24-,25?,26+,27-/m0/s1. The molecule has 0 aromatic carbocycles. The third-order valence-corrected chi connectivity index (χ3v) is 15.0. The molecule has 1 heterocycles. The fraction of sp³-hybridized carbons (Fsp3) is 0.886. The number of rotatable bonds is 12. The minimum absolute atomic E-state index is 0.0943. The van der Waals surface area contributed by atoms with Crippen molar-refractivity contribution in [2.75, 3.05) is 18.8 Å². The molecule has 0 bridgehead atoms. The zero-order valence-corrected chi connectivity index (χ0v) is 30.3. The van der Waals surface area contributed by atoms with E-state index in [1.54, 1.807) is 20.8 Å². The number of sulfone groups is 1. The Balaban J connectivity index is 1.34. The van der Waals surface area contributed by atoms with E-state index >= 15 is 0 Å². The van der Waals surface area contributed by atoms with Gasteiger partial charge in [0.2, 0.25) is 11.7 Å². The Morgan fingerprint density at radius 1 is 0.894 bits per heavy atom. The third-order valence-electron chi connectivity index (χ3n) is 12.2. The van der Waals surface area contributed by atoms with Crippen molar-refractivity contribution in [1.82, 2.24) is 20.9 Å². The maximum absolute atomic E-state index is 14.1. The molecular formula is C35H59N5O6S. The molecule has 0 radical (unpaired) electrons. The van der Waals surface area contributed by atoms with Crippen LogP contribution in [-0.2, 0) is 24.2 Å². The molecule has 1 saturated heterocycles. The van der Waals surface area contributed by atoms with Gasteiger partial charge in [0, 0.05) is 19.1 Å². The van der Waals surface area contributed by atoms with Gasteiger partial charge in [-0.05, 0) is 94.3 Å². The van der Waals surface area contributed by atoms with Gasteiger partial charge in [-0.25, -0.2) is 13.2 Å². The zero-order valence-electron chi connectivity index (χ0n) is 29.5. The molecule has 47 heavy (non-hydrogen) atoms. The molecule has 1 unspecified atom stereocenters. The van der Waals surface area contributed by atoms with Gasteiger partial charge in [-0.3, -0.25) is 19.3 Å². The molecule has 1 spiro atoms. The Bertz CT molecular complexity index is 1340. The predicted octanol–water partition coefficient (Wildman–Crippen LogP) is 3.45. The Labute approximate surface area is 281 Å². The van der Waals surface area contributed by atoms with Gasteiger partial charge in [0.05, 0.1) is 28.1 Å².